The van der Waals surface area contributed by atoms with Gasteiger partial charge >= 0.3 is 0 Å². The highest BCUT2D eigenvalue weighted by Crippen LogP contribution is 2.40. The van der Waals surface area contributed by atoms with Crippen LogP contribution in [0.3, 0.4) is 0 Å². The Morgan fingerprint density at radius 2 is 1.61 bits per heavy atom. The molecule has 0 saturated carbocycles. The molecule has 1 aliphatic rings. The van der Waals surface area contributed by atoms with Crippen molar-refractivity contribution in [2.45, 2.75) is 27.3 Å². The van der Waals surface area contributed by atoms with Crippen molar-refractivity contribution in [1.29, 1.82) is 0 Å². The molecule has 0 spiro atoms. The summed E-state index contributed by atoms with van der Waals surface area (Å²) in [6.07, 6.45) is 0. The Hall–Kier alpha value is -2.56. The van der Waals surface area contributed by atoms with Crippen LogP contribution in [-0.4, -0.2) is 11.6 Å². The molecular weight excluding hydrogens is 397 g/mol. The fourth-order valence-electron chi connectivity index (χ4n) is 3.43. The summed E-state index contributed by atoms with van der Waals surface area (Å²) in [7, 11) is 0. The summed E-state index contributed by atoms with van der Waals surface area (Å²) < 4.78 is 6.06. The van der Waals surface area contributed by atoms with E-state index in [2.05, 4.69) is 5.32 Å². The molecule has 1 aromatic heterocycles. The van der Waals surface area contributed by atoms with E-state index in [1.807, 2.05) is 19.9 Å². The molecule has 4 nitrogen and oxygen atoms in total. The van der Waals surface area contributed by atoms with Gasteiger partial charge in [-0.15, -0.1) is 0 Å². The summed E-state index contributed by atoms with van der Waals surface area (Å²) in [5, 5.41) is 4.23. The molecule has 0 bridgehead atoms. The first-order chi connectivity index (χ1) is 13.3. The Bertz CT molecular complexity index is 1160. The van der Waals surface area contributed by atoms with Gasteiger partial charge in [0, 0.05) is 21.7 Å². The number of furan rings is 1. The van der Waals surface area contributed by atoms with Crippen molar-refractivity contribution in [3.8, 4) is 11.3 Å². The van der Waals surface area contributed by atoms with Crippen molar-refractivity contribution < 1.29 is 14.0 Å². The number of hydrogen-bond acceptors (Lipinski definition) is 4. The standard InChI is InChI=1S/C22H17Cl2NO3/c1-10-6-14-15(7-11(10)2)22-19(21(27)20(14)26)12(3)18(28-22)9-25-17-5-4-13(23)8-16(17)24/h4-8,25H,9H2,1-3H3. The van der Waals surface area contributed by atoms with Crippen LogP contribution < -0.4 is 5.32 Å². The second kappa shape index (κ2) is 6.80. The average Bonchev–Trinajstić information content (AvgIpc) is 2.97. The van der Waals surface area contributed by atoms with Gasteiger partial charge in [-0.2, -0.15) is 0 Å². The number of halogens is 2. The summed E-state index contributed by atoms with van der Waals surface area (Å²) in [6.45, 7) is 6.00. The third kappa shape index (κ3) is 2.93. The zero-order chi connectivity index (χ0) is 20.2. The normalized spacial score (nSPS) is 12.8. The molecule has 0 aliphatic heterocycles. The van der Waals surface area contributed by atoms with Crippen LogP contribution in [0.25, 0.3) is 11.3 Å². The van der Waals surface area contributed by atoms with Gasteiger partial charge in [0.15, 0.2) is 0 Å². The van der Waals surface area contributed by atoms with Gasteiger partial charge in [-0.05, 0) is 62.2 Å². The van der Waals surface area contributed by atoms with E-state index < -0.39 is 11.6 Å². The maximum Gasteiger partial charge on any atom is 0.237 e. The maximum absolute atomic E-state index is 12.7. The molecule has 142 valence electrons. The van der Waals surface area contributed by atoms with E-state index in [-0.39, 0.29) is 0 Å². The number of fused-ring (bicyclic) bond motifs is 3. The molecule has 1 heterocycles. The molecule has 0 amide bonds. The fraction of sp³-hybridized carbons (Fsp3) is 0.182. The topological polar surface area (TPSA) is 59.3 Å². The fourth-order valence-corrected chi connectivity index (χ4v) is 3.90. The molecular formula is C22H17Cl2NO3. The molecule has 1 aliphatic carbocycles. The summed E-state index contributed by atoms with van der Waals surface area (Å²) in [4.78, 5) is 25.3. The van der Waals surface area contributed by atoms with Crippen molar-refractivity contribution in [3.05, 3.63) is 74.0 Å². The molecule has 3 aromatic rings. The number of aryl methyl sites for hydroxylation is 2. The van der Waals surface area contributed by atoms with Crippen LogP contribution in [0.15, 0.2) is 34.7 Å². The van der Waals surface area contributed by atoms with Crippen LogP contribution in [0, 0.1) is 20.8 Å². The Balaban J connectivity index is 1.76. The first kappa shape index (κ1) is 18.8. The second-order valence-corrected chi connectivity index (χ2v) is 7.82. The zero-order valence-corrected chi connectivity index (χ0v) is 17.1. The van der Waals surface area contributed by atoms with Crippen LogP contribution in [0.1, 0.15) is 43.2 Å². The highest BCUT2D eigenvalue weighted by atomic mass is 35.5. The SMILES string of the molecule is Cc1cc2c(cc1C)-c1oc(CNc3ccc(Cl)cc3Cl)c(C)c1C(=O)C2=O. The highest BCUT2D eigenvalue weighted by molar-refractivity contribution is 6.53. The van der Waals surface area contributed by atoms with Crippen LogP contribution >= 0.6 is 23.2 Å². The van der Waals surface area contributed by atoms with Gasteiger partial charge in [-0.3, -0.25) is 9.59 Å². The lowest BCUT2D eigenvalue weighted by atomic mass is 9.85. The van der Waals surface area contributed by atoms with E-state index in [9.17, 15) is 9.59 Å². The molecule has 0 saturated heterocycles. The number of Topliss-reactive ketones (excluding diaryl/α,β-unsaturated/α-hetero) is 2. The van der Waals surface area contributed by atoms with E-state index in [1.165, 1.54) is 0 Å². The summed E-state index contributed by atoms with van der Waals surface area (Å²) in [6, 6.07) is 8.83. The third-order valence-corrected chi connectivity index (χ3v) is 5.72. The van der Waals surface area contributed by atoms with E-state index in [0.29, 0.717) is 56.1 Å². The summed E-state index contributed by atoms with van der Waals surface area (Å²) in [5.41, 5.74) is 4.78. The monoisotopic (exact) mass is 413 g/mol. The number of benzene rings is 2. The highest BCUT2D eigenvalue weighted by Gasteiger charge is 2.36. The minimum absolute atomic E-state index is 0.321. The van der Waals surface area contributed by atoms with Gasteiger partial charge in [0.2, 0.25) is 11.6 Å². The van der Waals surface area contributed by atoms with E-state index in [1.54, 1.807) is 31.2 Å². The zero-order valence-electron chi connectivity index (χ0n) is 15.6. The number of rotatable bonds is 3. The molecule has 1 N–H and O–H groups in total. The first-order valence-electron chi connectivity index (χ1n) is 8.79. The van der Waals surface area contributed by atoms with Crippen LogP contribution in [0.4, 0.5) is 5.69 Å². The largest absolute Gasteiger partial charge is 0.458 e. The Labute approximate surface area is 172 Å². The predicted molar refractivity (Wildman–Crippen MR) is 111 cm³/mol. The van der Waals surface area contributed by atoms with Crippen molar-refractivity contribution >= 4 is 40.5 Å². The maximum atomic E-state index is 12.7. The van der Waals surface area contributed by atoms with Gasteiger partial charge in [0.1, 0.15) is 11.5 Å². The van der Waals surface area contributed by atoms with Gasteiger partial charge < -0.3 is 9.73 Å². The van der Waals surface area contributed by atoms with Gasteiger partial charge in [-0.25, -0.2) is 0 Å². The summed E-state index contributed by atoms with van der Waals surface area (Å²) >= 11 is 12.1. The quantitative estimate of drug-likeness (QED) is 0.521. The van der Waals surface area contributed by atoms with Crippen LogP contribution in [0.5, 0.6) is 0 Å². The average molecular weight is 414 g/mol. The third-order valence-electron chi connectivity index (χ3n) is 5.17. The first-order valence-corrected chi connectivity index (χ1v) is 9.55. The van der Waals surface area contributed by atoms with E-state index in [4.69, 9.17) is 27.6 Å². The summed E-state index contributed by atoms with van der Waals surface area (Å²) in [5.74, 6) is 0.0278. The second-order valence-electron chi connectivity index (χ2n) is 6.97. The Kier molecular flexibility index (Phi) is 4.56. The van der Waals surface area contributed by atoms with E-state index >= 15 is 0 Å². The van der Waals surface area contributed by atoms with Gasteiger partial charge in [0.25, 0.3) is 0 Å². The molecule has 0 atom stereocenters. The van der Waals surface area contributed by atoms with Crippen molar-refractivity contribution in [2.75, 3.05) is 5.32 Å². The molecule has 2 aromatic carbocycles. The van der Waals surface area contributed by atoms with Crippen LogP contribution in [-0.2, 0) is 6.54 Å². The van der Waals surface area contributed by atoms with Gasteiger partial charge in [-0.1, -0.05) is 23.2 Å². The predicted octanol–water partition coefficient (Wildman–Crippen LogP) is 6.17. The van der Waals surface area contributed by atoms with Gasteiger partial charge in [0.05, 0.1) is 22.8 Å². The van der Waals surface area contributed by atoms with Crippen molar-refractivity contribution in [1.82, 2.24) is 0 Å². The van der Waals surface area contributed by atoms with Crippen molar-refractivity contribution in [3.63, 3.8) is 0 Å². The Morgan fingerprint density at radius 1 is 0.929 bits per heavy atom. The molecule has 6 heteroatoms. The number of ketones is 2. The molecule has 0 radical (unpaired) electrons. The number of carbonyl (C=O) groups excluding carboxylic acids is 2. The minimum Gasteiger partial charge on any atom is -0.458 e. The van der Waals surface area contributed by atoms with Crippen LogP contribution in [0.2, 0.25) is 10.0 Å². The number of anilines is 1. The number of hydrogen-bond donors (Lipinski definition) is 1. The Morgan fingerprint density at radius 3 is 2.29 bits per heavy atom. The smallest absolute Gasteiger partial charge is 0.237 e. The molecule has 0 unspecified atom stereocenters. The molecule has 4 rings (SSSR count). The lowest BCUT2D eigenvalue weighted by molar-refractivity contribution is 0.0814. The molecule has 0 fully saturated rings. The molecule has 28 heavy (non-hydrogen) atoms. The number of carbonyl (C=O) groups is 2. The number of nitrogens with one attached hydrogen (secondary N) is 1. The lowest BCUT2D eigenvalue weighted by Gasteiger charge is -2.15. The van der Waals surface area contributed by atoms with Crippen molar-refractivity contribution in [2.24, 2.45) is 0 Å². The lowest BCUT2D eigenvalue weighted by Crippen LogP contribution is -2.21. The minimum atomic E-state index is -0.525. The van der Waals surface area contributed by atoms with E-state index in [0.717, 1.165) is 11.1 Å².